The first kappa shape index (κ1) is 12.0. The summed E-state index contributed by atoms with van der Waals surface area (Å²) in [6, 6.07) is 8.84. The van der Waals surface area contributed by atoms with Crippen LogP contribution >= 0.6 is 15.9 Å². The topological polar surface area (TPSA) is 77.2 Å². The fourth-order valence-electron chi connectivity index (χ4n) is 1.91. The maximum Gasteiger partial charge on any atom is 0.271 e. The predicted molar refractivity (Wildman–Crippen MR) is 74.8 cm³/mol. The molecule has 3 rings (SSSR count). The quantitative estimate of drug-likeness (QED) is 0.792. The summed E-state index contributed by atoms with van der Waals surface area (Å²) in [5, 5.41) is 2.72. The van der Waals surface area contributed by atoms with Crippen LogP contribution in [0.25, 0.3) is 0 Å². The van der Waals surface area contributed by atoms with Gasteiger partial charge in [-0.25, -0.2) is 4.98 Å². The molecule has 1 aliphatic heterocycles. The molecular weight excluding hydrogens is 310 g/mol. The van der Waals surface area contributed by atoms with Crippen molar-refractivity contribution in [3.8, 4) is 5.75 Å². The average molecular weight is 320 g/mol. The van der Waals surface area contributed by atoms with Crippen molar-refractivity contribution in [1.82, 2.24) is 4.98 Å². The van der Waals surface area contributed by atoms with Crippen LogP contribution in [-0.4, -0.2) is 10.9 Å². The molecule has 1 aromatic carbocycles. The molecule has 0 bridgehead atoms. The van der Waals surface area contributed by atoms with Gasteiger partial charge in [0.1, 0.15) is 0 Å². The molecule has 6 heteroatoms. The van der Waals surface area contributed by atoms with Crippen LogP contribution in [-0.2, 0) is 4.79 Å². The minimum Gasteiger partial charge on any atom is -0.472 e. The van der Waals surface area contributed by atoms with E-state index in [1.165, 1.54) is 0 Å². The lowest BCUT2D eigenvalue weighted by Crippen LogP contribution is -2.30. The van der Waals surface area contributed by atoms with E-state index >= 15 is 0 Å². The normalized spacial score (nSPS) is 17.3. The molecule has 1 unspecified atom stereocenters. The van der Waals surface area contributed by atoms with E-state index in [1.54, 1.807) is 36.5 Å². The number of rotatable bonds is 1. The first-order chi connectivity index (χ1) is 9.13. The number of hydrogen-bond acceptors (Lipinski definition) is 4. The number of nitrogens with zero attached hydrogens (tertiary/aromatic N) is 1. The van der Waals surface area contributed by atoms with E-state index in [-0.39, 0.29) is 5.91 Å². The second kappa shape index (κ2) is 4.55. The van der Waals surface area contributed by atoms with Gasteiger partial charge >= 0.3 is 0 Å². The molecule has 1 aromatic heterocycles. The first-order valence-electron chi connectivity index (χ1n) is 5.62. The third-order valence-electron chi connectivity index (χ3n) is 2.76. The second-order valence-corrected chi connectivity index (χ2v) is 5.07. The lowest BCUT2D eigenvalue weighted by molar-refractivity contribution is -0.123. The molecule has 3 N–H and O–H groups in total. The van der Waals surface area contributed by atoms with Crippen LogP contribution < -0.4 is 15.8 Å². The summed E-state index contributed by atoms with van der Waals surface area (Å²) in [6.45, 7) is 0. The van der Waals surface area contributed by atoms with Crippen molar-refractivity contribution in [2.75, 3.05) is 11.1 Å². The molecule has 0 aliphatic carbocycles. The molecule has 0 saturated heterocycles. The average Bonchev–Trinajstić information content (AvgIpc) is 2.38. The van der Waals surface area contributed by atoms with Crippen molar-refractivity contribution >= 4 is 33.3 Å². The number of hydrogen-bond donors (Lipinski definition) is 2. The minimum absolute atomic E-state index is 0.257. The van der Waals surface area contributed by atoms with E-state index in [1.807, 2.05) is 0 Å². The number of benzene rings is 1. The number of anilines is 2. The lowest BCUT2D eigenvalue weighted by atomic mass is 10.1. The fourth-order valence-corrected chi connectivity index (χ4v) is 2.22. The van der Waals surface area contributed by atoms with Crippen LogP contribution in [0.2, 0.25) is 0 Å². The number of carbonyl (C=O) groups is 1. The Labute approximate surface area is 117 Å². The van der Waals surface area contributed by atoms with E-state index in [4.69, 9.17) is 10.5 Å². The Kier molecular flexibility index (Phi) is 2.87. The van der Waals surface area contributed by atoms with Gasteiger partial charge in [0, 0.05) is 21.9 Å². The van der Waals surface area contributed by atoms with E-state index < -0.39 is 6.10 Å². The summed E-state index contributed by atoms with van der Waals surface area (Å²) in [7, 11) is 0. The predicted octanol–water partition coefficient (Wildman–Crippen LogP) is 2.50. The van der Waals surface area contributed by atoms with Crippen LogP contribution in [0.3, 0.4) is 0 Å². The molecule has 0 spiro atoms. The van der Waals surface area contributed by atoms with Crippen LogP contribution in [0, 0.1) is 0 Å². The summed E-state index contributed by atoms with van der Waals surface area (Å²) in [6.07, 6.45) is 0.885. The zero-order valence-corrected chi connectivity index (χ0v) is 11.3. The second-order valence-electron chi connectivity index (χ2n) is 4.16. The highest BCUT2D eigenvalue weighted by Gasteiger charge is 2.30. The first-order valence-corrected chi connectivity index (χ1v) is 6.41. The smallest absolute Gasteiger partial charge is 0.271 e. The molecule has 0 fully saturated rings. The highest BCUT2D eigenvalue weighted by molar-refractivity contribution is 9.10. The molecule has 2 aromatic rings. The third-order valence-corrected chi connectivity index (χ3v) is 3.19. The summed E-state index contributed by atoms with van der Waals surface area (Å²) < 4.78 is 6.49. The Morgan fingerprint density at radius 3 is 3.00 bits per heavy atom. The summed E-state index contributed by atoms with van der Waals surface area (Å²) in [5.41, 5.74) is 7.02. The van der Waals surface area contributed by atoms with Crippen molar-refractivity contribution in [1.29, 1.82) is 0 Å². The molecule has 5 nitrogen and oxygen atoms in total. The van der Waals surface area contributed by atoms with Gasteiger partial charge in [0.25, 0.3) is 5.91 Å². The molecule has 2 heterocycles. The van der Waals surface area contributed by atoms with E-state index in [9.17, 15) is 4.79 Å². The monoisotopic (exact) mass is 319 g/mol. The molecule has 1 aliphatic rings. The van der Waals surface area contributed by atoms with Crippen molar-refractivity contribution in [2.24, 2.45) is 0 Å². The van der Waals surface area contributed by atoms with Gasteiger partial charge < -0.3 is 15.8 Å². The number of aromatic nitrogens is 1. The van der Waals surface area contributed by atoms with E-state index in [2.05, 4.69) is 26.2 Å². The Balaban J connectivity index is 1.99. The highest BCUT2D eigenvalue weighted by Crippen LogP contribution is 2.35. The van der Waals surface area contributed by atoms with Gasteiger partial charge in [-0.15, -0.1) is 0 Å². The number of nitrogens with two attached hydrogens (primary N) is 1. The molecule has 1 amide bonds. The Bertz CT molecular complexity index is 660. The Hall–Kier alpha value is -2.08. The number of carbonyl (C=O) groups excluding carboxylic acids is 1. The maximum absolute atomic E-state index is 12.0. The van der Waals surface area contributed by atoms with Gasteiger partial charge in [-0.05, 0) is 34.1 Å². The third kappa shape index (κ3) is 2.26. The van der Waals surface area contributed by atoms with E-state index in [0.717, 1.165) is 4.47 Å². The van der Waals surface area contributed by atoms with Crippen molar-refractivity contribution in [2.45, 2.75) is 6.10 Å². The number of nitrogens with one attached hydrogen (secondary N) is 1. The zero-order valence-electron chi connectivity index (χ0n) is 9.76. The Morgan fingerprint density at radius 1 is 1.37 bits per heavy atom. The molecule has 0 radical (unpaired) electrons. The molecule has 0 saturated carbocycles. The number of fused-ring (bicyclic) bond motifs is 1. The summed E-state index contributed by atoms with van der Waals surface area (Å²) in [4.78, 5) is 16.1. The van der Waals surface area contributed by atoms with Crippen molar-refractivity contribution < 1.29 is 9.53 Å². The van der Waals surface area contributed by atoms with E-state index in [0.29, 0.717) is 22.8 Å². The van der Waals surface area contributed by atoms with Gasteiger partial charge in [0.15, 0.2) is 11.6 Å². The number of pyridine rings is 1. The van der Waals surface area contributed by atoms with Crippen LogP contribution in [0.1, 0.15) is 11.7 Å². The highest BCUT2D eigenvalue weighted by atomic mass is 79.9. The Morgan fingerprint density at radius 2 is 2.21 bits per heavy atom. The van der Waals surface area contributed by atoms with Crippen molar-refractivity contribution in [3.63, 3.8) is 0 Å². The number of nitrogen functional groups attached to an aromatic ring is 1. The van der Waals surface area contributed by atoms with Gasteiger partial charge in [-0.1, -0.05) is 12.1 Å². The van der Waals surface area contributed by atoms with Gasteiger partial charge in [-0.2, -0.15) is 0 Å². The molecular formula is C13H10BrN3O2. The minimum atomic E-state index is -0.716. The standard InChI is InChI=1S/C13H10BrN3O2/c14-8-5-10-12(16-6-8)17-13(18)11(19-10)7-2-1-3-9(15)4-7/h1-6,11H,15H2,(H,16,17,18). The number of amides is 1. The molecule has 19 heavy (non-hydrogen) atoms. The number of halogens is 1. The molecule has 1 atom stereocenters. The lowest BCUT2D eigenvalue weighted by Gasteiger charge is -2.25. The van der Waals surface area contributed by atoms with Gasteiger partial charge in [0.2, 0.25) is 6.10 Å². The van der Waals surface area contributed by atoms with Crippen LogP contribution in [0.5, 0.6) is 5.75 Å². The maximum atomic E-state index is 12.0. The van der Waals surface area contributed by atoms with Crippen LogP contribution in [0.4, 0.5) is 11.5 Å². The van der Waals surface area contributed by atoms with Crippen LogP contribution in [0.15, 0.2) is 41.0 Å². The largest absolute Gasteiger partial charge is 0.472 e. The van der Waals surface area contributed by atoms with Crippen molar-refractivity contribution in [3.05, 3.63) is 46.6 Å². The fraction of sp³-hybridized carbons (Fsp3) is 0.0769. The summed E-state index contributed by atoms with van der Waals surface area (Å²) >= 11 is 3.32. The SMILES string of the molecule is Nc1cccc(C2Oc3cc(Br)cnc3NC2=O)c1. The number of ether oxygens (including phenoxy) is 1. The van der Waals surface area contributed by atoms with Gasteiger partial charge in [0.05, 0.1) is 0 Å². The molecule has 96 valence electrons. The zero-order chi connectivity index (χ0) is 13.4. The summed E-state index contributed by atoms with van der Waals surface area (Å²) in [5.74, 6) is 0.697. The van der Waals surface area contributed by atoms with Gasteiger partial charge in [-0.3, -0.25) is 4.79 Å².